The maximum absolute atomic E-state index is 12.4. The van der Waals surface area contributed by atoms with Gasteiger partial charge in [-0.2, -0.15) is 9.40 Å². The first-order valence-electron chi connectivity index (χ1n) is 5.26. The summed E-state index contributed by atoms with van der Waals surface area (Å²) in [6.45, 7) is 6.37. The first-order valence-corrected chi connectivity index (χ1v) is 6.70. The molecule has 0 aliphatic rings. The Balaban J connectivity index is 3.31. The predicted octanol–water partition coefficient (Wildman–Crippen LogP) is 0.418. The van der Waals surface area contributed by atoms with Gasteiger partial charge >= 0.3 is 0 Å². The fraction of sp³-hybridized carbons (Fsp3) is 0.700. The molecule has 0 radical (unpaired) electrons. The molecule has 1 aromatic heterocycles. The third-order valence-electron chi connectivity index (χ3n) is 2.92. The zero-order chi connectivity index (χ0) is 13.4. The smallest absolute Gasteiger partial charge is 0.247 e. The lowest BCUT2D eigenvalue weighted by Gasteiger charge is -2.32. The second-order valence-electron chi connectivity index (χ2n) is 4.71. The number of aliphatic hydroxyl groups is 1. The van der Waals surface area contributed by atoms with Gasteiger partial charge in [-0.15, -0.1) is 0 Å². The van der Waals surface area contributed by atoms with Crippen LogP contribution in [0.25, 0.3) is 0 Å². The number of H-pyrrole nitrogens is 1. The minimum Gasteiger partial charge on any atom is -0.394 e. The van der Waals surface area contributed by atoms with Crippen LogP contribution in [0.4, 0.5) is 0 Å². The molecule has 0 bridgehead atoms. The van der Waals surface area contributed by atoms with Gasteiger partial charge in [-0.1, -0.05) is 0 Å². The number of hydrogen-bond acceptors (Lipinski definition) is 4. The Labute approximate surface area is 102 Å². The summed E-state index contributed by atoms with van der Waals surface area (Å²) in [7, 11) is -2.19. The van der Waals surface area contributed by atoms with Crippen molar-refractivity contribution >= 4 is 10.0 Å². The number of hydrogen-bond donors (Lipinski definition) is 2. The Morgan fingerprint density at radius 1 is 1.41 bits per heavy atom. The van der Waals surface area contributed by atoms with E-state index in [0.29, 0.717) is 11.4 Å². The summed E-state index contributed by atoms with van der Waals surface area (Å²) >= 11 is 0. The fourth-order valence-electron chi connectivity index (χ4n) is 1.48. The van der Waals surface area contributed by atoms with Gasteiger partial charge in [0.15, 0.2) is 0 Å². The van der Waals surface area contributed by atoms with Crippen molar-refractivity contribution in [3.63, 3.8) is 0 Å². The van der Waals surface area contributed by atoms with Gasteiger partial charge in [-0.05, 0) is 27.7 Å². The number of aromatic amines is 1. The highest BCUT2D eigenvalue weighted by Gasteiger charge is 2.36. The van der Waals surface area contributed by atoms with Crippen LogP contribution in [0, 0.1) is 13.8 Å². The van der Waals surface area contributed by atoms with Crippen molar-refractivity contribution < 1.29 is 13.5 Å². The van der Waals surface area contributed by atoms with E-state index in [1.54, 1.807) is 27.7 Å². The lowest BCUT2D eigenvalue weighted by molar-refractivity contribution is 0.138. The van der Waals surface area contributed by atoms with E-state index < -0.39 is 15.6 Å². The Hall–Kier alpha value is -0.920. The third kappa shape index (κ3) is 2.36. The normalized spacial score (nSPS) is 13.4. The quantitative estimate of drug-likeness (QED) is 0.822. The van der Waals surface area contributed by atoms with Crippen LogP contribution in [0.1, 0.15) is 25.2 Å². The number of sulfonamides is 1. The molecule has 0 unspecified atom stereocenters. The molecule has 1 aromatic rings. The molecular formula is C10H19N3O3S. The molecule has 7 heteroatoms. The van der Waals surface area contributed by atoms with E-state index in [4.69, 9.17) is 0 Å². The number of nitrogens with one attached hydrogen (secondary N) is 1. The summed E-state index contributed by atoms with van der Waals surface area (Å²) in [5.74, 6) is 0. The average Bonchev–Trinajstić information content (AvgIpc) is 2.57. The van der Waals surface area contributed by atoms with Crippen LogP contribution in [-0.4, -0.2) is 47.2 Å². The highest BCUT2D eigenvalue weighted by atomic mass is 32.2. The van der Waals surface area contributed by atoms with E-state index in [2.05, 4.69) is 10.2 Å². The molecule has 0 saturated carbocycles. The molecule has 98 valence electrons. The molecule has 6 nitrogen and oxygen atoms in total. The molecular weight excluding hydrogens is 242 g/mol. The van der Waals surface area contributed by atoms with E-state index in [9.17, 15) is 13.5 Å². The van der Waals surface area contributed by atoms with E-state index in [-0.39, 0.29) is 11.5 Å². The van der Waals surface area contributed by atoms with Crippen LogP contribution < -0.4 is 0 Å². The predicted molar refractivity (Wildman–Crippen MR) is 64.2 cm³/mol. The number of aromatic nitrogens is 2. The van der Waals surface area contributed by atoms with Gasteiger partial charge in [-0.3, -0.25) is 5.10 Å². The van der Waals surface area contributed by atoms with Crippen LogP contribution in [0.5, 0.6) is 0 Å². The van der Waals surface area contributed by atoms with Crippen LogP contribution in [-0.2, 0) is 10.0 Å². The summed E-state index contributed by atoms with van der Waals surface area (Å²) in [6.07, 6.45) is 0. The number of nitrogens with zero attached hydrogens (tertiary/aromatic N) is 2. The van der Waals surface area contributed by atoms with E-state index in [1.165, 1.54) is 11.4 Å². The maximum atomic E-state index is 12.4. The van der Waals surface area contributed by atoms with Gasteiger partial charge in [0.25, 0.3) is 0 Å². The summed E-state index contributed by atoms with van der Waals surface area (Å²) in [5, 5.41) is 15.8. The largest absolute Gasteiger partial charge is 0.394 e. The van der Waals surface area contributed by atoms with Crippen molar-refractivity contribution in [2.75, 3.05) is 13.7 Å². The van der Waals surface area contributed by atoms with Gasteiger partial charge in [0.05, 0.1) is 23.5 Å². The summed E-state index contributed by atoms with van der Waals surface area (Å²) in [5.41, 5.74) is 0.0841. The van der Waals surface area contributed by atoms with Crippen LogP contribution >= 0.6 is 0 Å². The van der Waals surface area contributed by atoms with E-state index >= 15 is 0 Å². The minimum absolute atomic E-state index is 0.182. The maximum Gasteiger partial charge on any atom is 0.247 e. The van der Waals surface area contributed by atoms with Crippen molar-refractivity contribution in [1.82, 2.24) is 14.5 Å². The standard InChI is InChI=1S/C10H19N3O3S/c1-7-9(8(2)12-11-7)17(15,16)13(5)10(3,4)6-14/h14H,6H2,1-5H3,(H,11,12). The molecule has 1 heterocycles. The molecule has 0 aliphatic heterocycles. The zero-order valence-corrected chi connectivity index (χ0v) is 11.6. The Kier molecular flexibility index (Phi) is 3.66. The highest BCUT2D eigenvalue weighted by Crippen LogP contribution is 2.25. The van der Waals surface area contributed by atoms with Crippen molar-refractivity contribution in [3.8, 4) is 0 Å². The summed E-state index contributed by atoms with van der Waals surface area (Å²) < 4.78 is 26.0. The molecule has 0 aromatic carbocycles. The van der Waals surface area contributed by atoms with Gasteiger partial charge in [0.2, 0.25) is 10.0 Å². The number of likely N-dealkylation sites (N-methyl/N-ethyl adjacent to an activating group) is 1. The van der Waals surface area contributed by atoms with Crippen LogP contribution in [0.3, 0.4) is 0 Å². The molecule has 1 rings (SSSR count). The lowest BCUT2D eigenvalue weighted by Crippen LogP contribution is -2.47. The molecule has 2 N–H and O–H groups in total. The molecule has 0 spiro atoms. The van der Waals surface area contributed by atoms with Crippen molar-refractivity contribution in [2.24, 2.45) is 0 Å². The first kappa shape index (κ1) is 14.1. The van der Waals surface area contributed by atoms with Crippen LogP contribution in [0.2, 0.25) is 0 Å². The van der Waals surface area contributed by atoms with Crippen molar-refractivity contribution in [2.45, 2.75) is 38.1 Å². The fourth-order valence-corrected chi connectivity index (χ4v) is 3.32. The highest BCUT2D eigenvalue weighted by molar-refractivity contribution is 7.89. The van der Waals surface area contributed by atoms with E-state index in [0.717, 1.165) is 0 Å². The van der Waals surface area contributed by atoms with Gasteiger partial charge in [0, 0.05) is 7.05 Å². The monoisotopic (exact) mass is 261 g/mol. The number of aryl methyl sites for hydroxylation is 2. The molecule has 0 amide bonds. The van der Waals surface area contributed by atoms with Gasteiger partial charge < -0.3 is 5.11 Å². The third-order valence-corrected chi connectivity index (χ3v) is 5.25. The number of rotatable bonds is 4. The minimum atomic E-state index is -3.65. The van der Waals surface area contributed by atoms with E-state index in [1.807, 2.05) is 0 Å². The van der Waals surface area contributed by atoms with Gasteiger partial charge in [-0.25, -0.2) is 8.42 Å². The molecule has 0 atom stereocenters. The average molecular weight is 261 g/mol. The Bertz CT molecular complexity index is 485. The Morgan fingerprint density at radius 3 is 2.29 bits per heavy atom. The van der Waals surface area contributed by atoms with Crippen LogP contribution in [0.15, 0.2) is 4.90 Å². The summed E-state index contributed by atoms with van der Waals surface area (Å²) in [6, 6.07) is 0. The van der Waals surface area contributed by atoms with Crippen molar-refractivity contribution in [3.05, 3.63) is 11.4 Å². The molecule has 17 heavy (non-hydrogen) atoms. The van der Waals surface area contributed by atoms with Crippen molar-refractivity contribution in [1.29, 1.82) is 0 Å². The Morgan fingerprint density at radius 2 is 1.94 bits per heavy atom. The molecule has 0 saturated heterocycles. The first-order chi connectivity index (χ1) is 7.64. The SMILES string of the molecule is Cc1n[nH]c(C)c1S(=O)(=O)N(C)C(C)(C)CO. The summed E-state index contributed by atoms with van der Waals surface area (Å²) in [4.78, 5) is 0.182. The molecule has 0 fully saturated rings. The topological polar surface area (TPSA) is 86.3 Å². The lowest BCUT2D eigenvalue weighted by atomic mass is 10.1. The second kappa shape index (κ2) is 4.40. The number of aliphatic hydroxyl groups excluding tert-OH is 1. The second-order valence-corrected chi connectivity index (χ2v) is 6.61. The molecule has 0 aliphatic carbocycles. The van der Waals surface area contributed by atoms with Gasteiger partial charge in [0.1, 0.15) is 4.90 Å². The zero-order valence-electron chi connectivity index (χ0n) is 10.8.